The van der Waals surface area contributed by atoms with Crippen LogP contribution in [0.2, 0.25) is 0 Å². The average molecular weight is 385 g/mol. The maximum Gasteiger partial charge on any atom is 0.253 e. The number of ether oxygens (including phenoxy) is 1. The maximum absolute atomic E-state index is 13.1. The van der Waals surface area contributed by atoms with Crippen molar-refractivity contribution in [3.05, 3.63) is 34.9 Å². The third-order valence-corrected chi connectivity index (χ3v) is 6.99. The smallest absolute Gasteiger partial charge is 0.253 e. The van der Waals surface area contributed by atoms with E-state index in [1.165, 1.54) is 19.3 Å². The van der Waals surface area contributed by atoms with E-state index in [-0.39, 0.29) is 17.2 Å². The Labute approximate surface area is 168 Å². The van der Waals surface area contributed by atoms with E-state index in [1.807, 2.05) is 30.9 Å². The molecule has 5 heteroatoms. The molecule has 0 radical (unpaired) electrons. The topological polar surface area (TPSA) is 49.9 Å². The first kappa shape index (κ1) is 19.4. The first-order chi connectivity index (χ1) is 13.5. The summed E-state index contributed by atoms with van der Waals surface area (Å²) < 4.78 is 5.35. The maximum atomic E-state index is 13.1. The SMILES string of the molecule is Cc1cc(C)cc(C(=O)N2CC(CCC(=O)N3CCOCC3)C3(CCC3)C2)c1. The van der Waals surface area contributed by atoms with Gasteiger partial charge < -0.3 is 14.5 Å². The minimum absolute atomic E-state index is 0.153. The Morgan fingerprint density at radius 2 is 1.75 bits per heavy atom. The fourth-order valence-corrected chi connectivity index (χ4v) is 5.33. The molecule has 2 saturated heterocycles. The monoisotopic (exact) mass is 384 g/mol. The van der Waals surface area contributed by atoms with Crippen molar-refractivity contribution in [1.82, 2.24) is 9.80 Å². The first-order valence-corrected chi connectivity index (χ1v) is 10.7. The van der Waals surface area contributed by atoms with E-state index in [2.05, 4.69) is 11.0 Å². The third-order valence-electron chi connectivity index (χ3n) is 6.99. The summed E-state index contributed by atoms with van der Waals surface area (Å²) in [4.78, 5) is 29.7. The molecule has 1 aromatic rings. The van der Waals surface area contributed by atoms with Gasteiger partial charge in [-0.1, -0.05) is 23.6 Å². The lowest BCUT2D eigenvalue weighted by molar-refractivity contribution is -0.135. The summed E-state index contributed by atoms with van der Waals surface area (Å²) in [6, 6.07) is 6.10. The number of rotatable bonds is 4. The van der Waals surface area contributed by atoms with E-state index in [0.717, 1.165) is 36.2 Å². The van der Waals surface area contributed by atoms with Gasteiger partial charge in [-0.25, -0.2) is 0 Å². The van der Waals surface area contributed by atoms with Gasteiger partial charge in [0.25, 0.3) is 5.91 Å². The van der Waals surface area contributed by atoms with E-state index in [1.54, 1.807) is 0 Å². The predicted molar refractivity (Wildman–Crippen MR) is 108 cm³/mol. The highest BCUT2D eigenvalue weighted by Gasteiger charge is 2.51. The molecular formula is C23H32N2O3. The van der Waals surface area contributed by atoms with E-state index in [4.69, 9.17) is 4.74 Å². The minimum Gasteiger partial charge on any atom is -0.378 e. The molecule has 0 aromatic heterocycles. The summed E-state index contributed by atoms with van der Waals surface area (Å²) in [6.45, 7) is 8.46. The lowest BCUT2D eigenvalue weighted by Crippen LogP contribution is -2.42. The van der Waals surface area contributed by atoms with Crippen LogP contribution < -0.4 is 0 Å². The van der Waals surface area contributed by atoms with Crippen molar-refractivity contribution in [3.63, 3.8) is 0 Å². The van der Waals surface area contributed by atoms with E-state index >= 15 is 0 Å². The molecule has 1 atom stereocenters. The molecule has 28 heavy (non-hydrogen) atoms. The largest absolute Gasteiger partial charge is 0.378 e. The summed E-state index contributed by atoms with van der Waals surface area (Å²) in [7, 11) is 0. The highest BCUT2D eigenvalue weighted by atomic mass is 16.5. The third kappa shape index (κ3) is 3.82. The highest BCUT2D eigenvalue weighted by molar-refractivity contribution is 5.95. The van der Waals surface area contributed by atoms with Crippen molar-refractivity contribution in [1.29, 1.82) is 0 Å². The fourth-order valence-electron chi connectivity index (χ4n) is 5.33. The minimum atomic E-state index is 0.153. The number of hydrogen-bond acceptors (Lipinski definition) is 3. The van der Waals surface area contributed by atoms with Crippen molar-refractivity contribution < 1.29 is 14.3 Å². The molecule has 0 N–H and O–H groups in total. The quantitative estimate of drug-likeness (QED) is 0.801. The van der Waals surface area contributed by atoms with Gasteiger partial charge in [-0.05, 0) is 56.6 Å². The Bertz CT molecular complexity index is 730. The average Bonchev–Trinajstić information content (AvgIpc) is 3.05. The molecule has 3 aliphatic rings. The molecule has 1 saturated carbocycles. The number of amides is 2. The molecule has 4 rings (SSSR count). The van der Waals surface area contributed by atoms with Crippen molar-refractivity contribution in [2.75, 3.05) is 39.4 Å². The van der Waals surface area contributed by atoms with Gasteiger partial charge in [-0.2, -0.15) is 0 Å². The number of morpholine rings is 1. The number of nitrogens with zero attached hydrogens (tertiary/aromatic N) is 2. The van der Waals surface area contributed by atoms with Gasteiger partial charge in [0.15, 0.2) is 0 Å². The molecule has 2 amide bonds. The molecule has 3 fully saturated rings. The molecule has 2 aliphatic heterocycles. The summed E-state index contributed by atoms with van der Waals surface area (Å²) in [5.41, 5.74) is 3.32. The predicted octanol–water partition coefficient (Wildman–Crippen LogP) is 3.18. The Balaban J connectivity index is 1.41. The second-order valence-electron chi connectivity index (χ2n) is 9.01. The molecule has 1 unspecified atom stereocenters. The van der Waals surface area contributed by atoms with Crippen LogP contribution in [0.15, 0.2) is 18.2 Å². The molecule has 152 valence electrons. The number of carbonyl (C=O) groups excluding carboxylic acids is 2. The van der Waals surface area contributed by atoms with Gasteiger partial charge >= 0.3 is 0 Å². The molecule has 1 spiro atoms. The lowest BCUT2D eigenvalue weighted by atomic mass is 9.62. The lowest BCUT2D eigenvalue weighted by Gasteiger charge is -2.43. The van der Waals surface area contributed by atoms with Crippen molar-refractivity contribution in [2.45, 2.75) is 46.0 Å². The van der Waals surface area contributed by atoms with Crippen LogP contribution in [0.3, 0.4) is 0 Å². The van der Waals surface area contributed by atoms with Crippen LogP contribution in [-0.2, 0) is 9.53 Å². The molecule has 1 aromatic carbocycles. The highest BCUT2D eigenvalue weighted by Crippen LogP contribution is 2.53. The van der Waals surface area contributed by atoms with Crippen LogP contribution >= 0.6 is 0 Å². The molecule has 2 heterocycles. The zero-order chi connectivity index (χ0) is 19.7. The van der Waals surface area contributed by atoms with Gasteiger partial charge in [-0.3, -0.25) is 9.59 Å². The number of hydrogen-bond donors (Lipinski definition) is 0. The van der Waals surface area contributed by atoms with E-state index in [0.29, 0.717) is 38.6 Å². The van der Waals surface area contributed by atoms with Gasteiger partial charge in [0.1, 0.15) is 0 Å². The molecular weight excluding hydrogens is 352 g/mol. The zero-order valence-corrected chi connectivity index (χ0v) is 17.2. The Kier molecular flexibility index (Phi) is 5.46. The fraction of sp³-hybridized carbons (Fsp3) is 0.652. The number of benzene rings is 1. The zero-order valence-electron chi connectivity index (χ0n) is 17.2. The van der Waals surface area contributed by atoms with Crippen molar-refractivity contribution >= 4 is 11.8 Å². The molecule has 1 aliphatic carbocycles. The van der Waals surface area contributed by atoms with Crippen LogP contribution in [0.4, 0.5) is 0 Å². The van der Waals surface area contributed by atoms with Gasteiger partial charge in [0, 0.05) is 38.2 Å². The second-order valence-corrected chi connectivity index (χ2v) is 9.01. The van der Waals surface area contributed by atoms with Gasteiger partial charge in [-0.15, -0.1) is 0 Å². The summed E-state index contributed by atoms with van der Waals surface area (Å²) in [5, 5.41) is 0. The summed E-state index contributed by atoms with van der Waals surface area (Å²) in [6.07, 6.45) is 5.13. The summed E-state index contributed by atoms with van der Waals surface area (Å²) in [5.74, 6) is 0.845. The normalized spacial score (nSPS) is 23.7. The number of carbonyl (C=O) groups is 2. The van der Waals surface area contributed by atoms with Gasteiger partial charge in [0.2, 0.25) is 5.91 Å². The molecule has 0 bridgehead atoms. The van der Waals surface area contributed by atoms with Crippen LogP contribution in [0.1, 0.15) is 53.6 Å². The van der Waals surface area contributed by atoms with Crippen LogP contribution in [0, 0.1) is 25.2 Å². The van der Waals surface area contributed by atoms with Gasteiger partial charge in [0.05, 0.1) is 13.2 Å². The number of likely N-dealkylation sites (tertiary alicyclic amines) is 1. The van der Waals surface area contributed by atoms with Crippen LogP contribution in [0.5, 0.6) is 0 Å². The first-order valence-electron chi connectivity index (χ1n) is 10.7. The van der Waals surface area contributed by atoms with Crippen LogP contribution in [-0.4, -0.2) is 61.0 Å². The van der Waals surface area contributed by atoms with Crippen molar-refractivity contribution in [2.24, 2.45) is 11.3 Å². The standard InChI is InChI=1S/C23H32N2O3/c1-17-12-18(2)14-19(13-17)22(27)25-15-20(23(16-25)6-3-7-23)4-5-21(26)24-8-10-28-11-9-24/h12-14,20H,3-11,15-16H2,1-2H3. The van der Waals surface area contributed by atoms with Crippen LogP contribution in [0.25, 0.3) is 0 Å². The second kappa shape index (κ2) is 7.86. The Morgan fingerprint density at radius 1 is 1.07 bits per heavy atom. The Hall–Kier alpha value is -1.88. The Morgan fingerprint density at radius 3 is 2.36 bits per heavy atom. The molecule has 5 nitrogen and oxygen atoms in total. The number of aryl methyl sites for hydroxylation is 2. The summed E-state index contributed by atoms with van der Waals surface area (Å²) >= 11 is 0. The van der Waals surface area contributed by atoms with E-state index in [9.17, 15) is 9.59 Å². The van der Waals surface area contributed by atoms with E-state index < -0.39 is 0 Å². The van der Waals surface area contributed by atoms with Crippen molar-refractivity contribution in [3.8, 4) is 0 Å².